The van der Waals surface area contributed by atoms with Gasteiger partial charge in [-0.15, -0.1) is 0 Å². The molecule has 0 amide bonds. The summed E-state index contributed by atoms with van der Waals surface area (Å²) in [5.74, 6) is 0.786. The van der Waals surface area contributed by atoms with Gasteiger partial charge >= 0.3 is 0 Å². The Morgan fingerprint density at radius 1 is 1.23 bits per heavy atom. The van der Waals surface area contributed by atoms with Gasteiger partial charge in [-0.2, -0.15) is 0 Å². The zero-order valence-corrected chi connectivity index (χ0v) is 18.7. The zero-order valence-electron chi connectivity index (χ0n) is 17.9. The van der Waals surface area contributed by atoms with E-state index in [4.69, 9.17) is 17.0 Å². The van der Waals surface area contributed by atoms with Gasteiger partial charge < -0.3 is 9.88 Å². The minimum Gasteiger partial charge on any atom is -0.366 e. The monoisotopic (exact) mass is 439 g/mol. The van der Waals surface area contributed by atoms with Crippen molar-refractivity contribution in [1.29, 1.82) is 5.41 Å². The van der Waals surface area contributed by atoms with Gasteiger partial charge in [-0.3, -0.25) is 10.3 Å². The molecule has 2 heterocycles. The lowest BCUT2D eigenvalue weighted by molar-refractivity contribution is 0.0979. The summed E-state index contributed by atoms with van der Waals surface area (Å²) in [6.07, 6.45) is 3.16. The Kier molecular flexibility index (Phi) is 6.12. The summed E-state index contributed by atoms with van der Waals surface area (Å²) in [5.41, 5.74) is 4.07. The van der Waals surface area contributed by atoms with Gasteiger partial charge in [-0.1, -0.05) is 29.8 Å². The Labute approximate surface area is 187 Å². The van der Waals surface area contributed by atoms with Crippen molar-refractivity contribution < 1.29 is 4.39 Å². The second-order valence-electron chi connectivity index (χ2n) is 8.29. The molecule has 2 N–H and O–H groups in total. The van der Waals surface area contributed by atoms with Crippen LogP contribution >= 0.6 is 11.6 Å². The average molecular weight is 440 g/mol. The highest BCUT2D eigenvalue weighted by molar-refractivity contribution is 6.30. The summed E-state index contributed by atoms with van der Waals surface area (Å²) < 4.78 is 14.1. The minimum atomic E-state index is -0.222. The Hall–Kier alpha value is -2.70. The molecule has 0 spiro atoms. The van der Waals surface area contributed by atoms with Crippen LogP contribution in [0.15, 0.2) is 48.7 Å². The van der Waals surface area contributed by atoms with Crippen molar-refractivity contribution in [2.45, 2.75) is 38.4 Å². The standard InChI is InChI=1S/C24H27ClFN5/c1-15-21-10-19(26)7-8-20(21)22(12-30(3)14-27)16(2)31(15)13-24-28-11-23(29-24)17-5-4-6-18(25)9-17/h4-11,14-16,22,27H,12-13H2,1-3H3,(H,28,29). The number of rotatable bonds is 6. The van der Waals surface area contributed by atoms with Crippen LogP contribution in [0.4, 0.5) is 4.39 Å². The van der Waals surface area contributed by atoms with Crippen LogP contribution in [-0.2, 0) is 6.54 Å². The second kappa shape index (κ2) is 8.81. The van der Waals surface area contributed by atoms with Crippen LogP contribution in [0.25, 0.3) is 11.3 Å². The first kappa shape index (κ1) is 21.5. The number of aromatic amines is 1. The lowest BCUT2D eigenvalue weighted by Gasteiger charge is -2.45. The lowest BCUT2D eigenvalue weighted by Crippen LogP contribution is -2.46. The first-order valence-electron chi connectivity index (χ1n) is 10.4. The number of hydrogen-bond donors (Lipinski definition) is 2. The Bertz CT molecular complexity index is 1080. The van der Waals surface area contributed by atoms with Crippen LogP contribution in [0.1, 0.15) is 42.8 Å². The Morgan fingerprint density at radius 3 is 2.77 bits per heavy atom. The third-order valence-electron chi connectivity index (χ3n) is 6.30. The number of hydrogen-bond acceptors (Lipinski definition) is 3. The van der Waals surface area contributed by atoms with Crippen LogP contribution in [-0.4, -0.2) is 45.7 Å². The predicted molar refractivity (Wildman–Crippen MR) is 123 cm³/mol. The van der Waals surface area contributed by atoms with E-state index in [2.05, 4.69) is 28.7 Å². The normalized spacial score (nSPS) is 21.0. The molecule has 1 aliphatic heterocycles. The number of imidazole rings is 1. The van der Waals surface area contributed by atoms with E-state index in [9.17, 15) is 4.39 Å². The van der Waals surface area contributed by atoms with E-state index in [1.165, 1.54) is 12.4 Å². The third kappa shape index (κ3) is 4.36. The highest BCUT2D eigenvalue weighted by Crippen LogP contribution is 2.41. The first-order chi connectivity index (χ1) is 14.9. The van der Waals surface area contributed by atoms with Gasteiger partial charge in [0, 0.05) is 42.2 Å². The average Bonchev–Trinajstić information content (AvgIpc) is 3.23. The number of H-pyrrole nitrogens is 1. The van der Waals surface area contributed by atoms with Gasteiger partial charge in [0.05, 0.1) is 24.8 Å². The van der Waals surface area contributed by atoms with Crippen molar-refractivity contribution in [3.8, 4) is 11.3 Å². The summed E-state index contributed by atoms with van der Waals surface area (Å²) >= 11 is 6.13. The minimum absolute atomic E-state index is 0.0435. The lowest BCUT2D eigenvalue weighted by atomic mass is 9.80. The predicted octanol–water partition coefficient (Wildman–Crippen LogP) is 5.46. The molecule has 3 unspecified atom stereocenters. The van der Waals surface area contributed by atoms with Crippen LogP contribution in [0.3, 0.4) is 0 Å². The maximum atomic E-state index is 14.1. The maximum absolute atomic E-state index is 14.1. The fourth-order valence-corrected chi connectivity index (χ4v) is 4.77. The fourth-order valence-electron chi connectivity index (χ4n) is 4.58. The summed E-state index contributed by atoms with van der Waals surface area (Å²) in [7, 11) is 1.90. The van der Waals surface area contributed by atoms with Crippen molar-refractivity contribution in [1.82, 2.24) is 19.8 Å². The van der Waals surface area contributed by atoms with Crippen molar-refractivity contribution >= 4 is 17.9 Å². The van der Waals surface area contributed by atoms with Crippen molar-refractivity contribution in [2.75, 3.05) is 13.6 Å². The van der Waals surface area contributed by atoms with Crippen molar-refractivity contribution in [2.24, 2.45) is 0 Å². The molecule has 0 radical (unpaired) electrons. The molecule has 3 atom stereocenters. The van der Waals surface area contributed by atoms with Gasteiger partial charge in [0.25, 0.3) is 0 Å². The summed E-state index contributed by atoms with van der Waals surface area (Å²) in [6.45, 7) is 5.63. The second-order valence-corrected chi connectivity index (χ2v) is 8.73. The SMILES string of the molecule is CC1c2cc(F)ccc2C(CN(C)C=N)C(C)N1Cc1ncc(-c2cccc(Cl)c2)[nH]1. The van der Waals surface area contributed by atoms with Gasteiger partial charge in [-0.25, -0.2) is 9.37 Å². The molecule has 1 aromatic heterocycles. The number of halogens is 2. The van der Waals surface area contributed by atoms with E-state index >= 15 is 0 Å². The van der Waals surface area contributed by atoms with E-state index in [0.29, 0.717) is 18.1 Å². The fraction of sp³-hybridized carbons (Fsp3) is 0.333. The first-order valence-corrected chi connectivity index (χ1v) is 10.8. The molecule has 5 nitrogen and oxygen atoms in total. The van der Waals surface area contributed by atoms with Gasteiger partial charge in [-0.05, 0) is 49.2 Å². The number of likely N-dealkylation sites (N-methyl/N-ethyl adjacent to an activating group) is 1. The molecular formula is C24H27ClFN5. The molecule has 3 aromatic rings. The molecular weight excluding hydrogens is 413 g/mol. The van der Waals surface area contributed by atoms with E-state index in [1.54, 1.807) is 6.07 Å². The smallest absolute Gasteiger partial charge is 0.123 e. The zero-order chi connectivity index (χ0) is 22.1. The summed E-state index contributed by atoms with van der Waals surface area (Å²) in [4.78, 5) is 12.2. The van der Waals surface area contributed by atoms with E-state index in [0.717, 1.165) is 28.2 Å². The highest BCUT2D eigenvalue weighted by atomic mass is 35.5. The molecule has 4 rings (SSSR count). The third-order valence-corrected chi connectivity index (χ3v) is 6.54. The van der Waals surface area contributed by atoms with Gasteiger partial charge in [0.15, 0.2) is 0 Å². The number of benzene rings is 2. The van der Waals surface area contributed by atoms with E-state index in [1.807, 2.05) is 48.5 Å². The summed E-state index contributed by atoms with van der Waals surface area (Å²) in [5, 5.41) is 8.27. The maximum Gasteiger partial charge on any atom is 0.123 e. The molecule has 0 aliphatic carbocycles. The van der Waals surface area contributed by atoms with E-state index < -0.39 is 0 Å². The number of fused-ring (bicyclic) bond motifs is 1. The van der Waals surface area contributed by atoms with Crippen LogP contribution in [0.5, 0.6) is 0 Å². The molecule has 0 fully saturated rings. The molecule has 0 saturated carbocycles. The number of nitrogens with zero attached hydrogens (tertiary/aromatic N) is 3. The Morgan fingerprint density at radius 2 is 2.03 bits per heavy atom. The highest BCUT2D eigenvalue weighted by Gasteiger charge is 2.37. The summed E-state index contributed by atoms with van der Waals surface area (Å²) in [6, 6.07) is 13.0. The quantitative estimate of drug-likeness (QED) is 0.396. The van der Waals surface area contributed by atoms with E-state index in [-0.39, 0.29) is 23.8 Å². The van der Waals surface area contributed by atoms with Crippen LogP contribution in [0.2, 0.25) is 5.02 Å². The number of aromatic nitrogens is 2. The molecule has 0 saturated heterocycles. The van der Waals surface area contributed by atoms with Crippen LogP contribution in [0, 0.1) is 11.2 Å². The molecule has 31 heavy (non-hydrogen) atoms. The van der Waals surface area contributed by atoms with Crippen molar-refractivity contribution in [3.05, 3.63) is 76.5 Å². The Balaban J connectivity index is 1.64. The largest absolute Gasteiger partial charge is 0.366 e. The van der Waals surface area contributed by atoms with Gasteiger partial charge in [0.1, 0.15) is 11.6 Å². The van der Waals surface area contributed by atoms with Gasteiger partial charge in [0.2, 0.25) is 0 Å². The topological polar surface area (TPSA) is 59.0 Å². The molecule has 7 heteroatoms. The number of nitrogens with one attached hydrogen (secondary N) is 2. The molecule has 2 aromatic carbocycles. The van der Waals surface area contributed by atoms with Crippen molar-refractivity contribution in [3.63, 3.8) is 0 Å². The molecule has 1 aliphatic rings. The molecule has 162 valence electrons. The van der Waals surface area contributed by atoms with Crippen LogP contribution < -0.4 is 0 Å². The molecule has 0 bridgehead atoms.